The number of nitrogens with zero attached hydrogens (tertiary/aromatic N) is 1. The summed E-state index contributed by atoms with van der Waals surface area (Å²) < 4.78 is 25.5. The highest BCUT2D eigenvalue weighted by Gasteiger charge is 2.51. The molecule has 10 atom stereocenters. The molecule has 0 amide bonds. The van der Waals surface area contributed by atoms with E-state index in [0.717, 1.165) is 85.7 Å². The molecule has 0 aromatic carbocycles. The summed E-state index contributed by atoms with van der Waals surface area (Å²) in [6.07, 6.45) is 45.4. The lowest BCUT2D eigenvalue weighted by Gasteiger charge is -2.51. The first-order valence-electron chi connectivity index (χ1n) is 27.4. The van der Waals surface area contributed by atoms with Crippen LogP contribution < -0.4 is 0 Å². The van der Waals surface area contributed by atoms with Crippen LogP contribution in [0.25, 0.3) is 0 Å². The van der Waals surface area contributed by atoms with E-state index in [1.807, 2.05) is 0 Å². The molecular formula is C57H101NO4. The van der Waals surface area contributed by atoms with E-state index in [2.05, 4.69) is 76.8 Å². The molecule has 0 aromatic rings. The highest BCUT2D eigenvalue weighted by Crippen LogP contribution is 2.59. The zero-order chi connectivity index (χ0) is 43.8. The van der Waals surface area contributed by atoms with E-state index in [1.165, 1.54) is 154 Å². The molecular weight excluding hydrogens is 763 g/mol. The second-order valence-corrected chi connectivity index (χ2v) is 22.2. The van der Waals surface area contributed by atoms with Gasteiger partial charge in [-0.25, -0.2) is 0 Å². The Hall–Kier alpha value is -0.980. The molecule has 4 aliphatic carbocycles. The fourth-order valence-electron chi connectivity index (χ4n) is 13.1. The van der Waals surface area contributed by atoms with E-state index >= 15 is 0 Å². The molecule has 0 spiro atoms. The highest BCUT2D eigenvalue weighted by atomic mass is 16.6. The van der Waals surface area contributed by atoms with Crippen molar-refractivity contribution in [2.24, 2.45) is 53.3 Å². The minimum absolute atomic E-state index is 0.0493. The monoisotopic (exact) mass is 864 g/mol. The summed E-state index contributed by atoms with van der Waals surface area (Å²) >= 11 is 0. The lowest BCUT2D eigenvalue weighted by molar-refractivity contribution is -0.0891. The summed E-state index contributed by atoms with van der Waals surface area (Å²) in [6.45, 7) is 21.8. The molecule has 0 radical (unpaired) electrons. The Kier molecular flexibility index (Phi) is 24.8. The Morgan fingerprint density at radius 2 is 1.47 bits per heavy atom. The maximum Gasteiger partial charge on any atom is 0.0936 e. The van der Waals surface area contributed by atoms with Crippen molar-refractivity contribution in [2.75, 3.05) is 59.3 Å². The van der Waals surface area contributed by atoms with Gasteiger partial charge in [-0.1, -0.05) is 128 Å². The van der Waals surface area contributed by atoms with Crippen molar-refractivity contribution in [3.63, 3.8) is 0 Å². The Labute approximate surface area is 384 Å². The molecule has 358 valence electrons. The summed E-state index contributed by atoms with van der Waals surface area (Å²) in [7, 11) is 0. The van der Waals surface area contributed by atoms with Crippen LogP contribution in [-0.4, -0.2) is 75.9 Å². The quantitative estimate of drug-likeness (QED) is 0.0498. The van der Waals surface area contributed by atoms with Crippen molar-refractivity contribution < 1.29 is 18.9 Å². The van der Waals surface area contributed by atoms with Crippen LogP contribution in [0.2, 0.25) is 0 Å². The molecule has 5 nitrogen and oxygen atoms in total. The molecule has 1 aliphatic heterocycles. The molecule has 7 unspecified atom stereocenters. The first-order valence-corrected chi connectivity index (χ1v) is 27.4. The van der Waals surface area contributed by atoms with Crippen molar-refractivity contribution in [1.82, 2.24) is 4.90 Å². The number of likely N-dealkylation sites (tertiary alicyclic amines) is 1. The zero-order valence-electron chi connectivity index (χ0n) is 41.8. The molecule has 4 fully saturated rings. The number of rotatable bonds is 32. The Balaban J connectivity index is 0.913. The van der Waals surface area contributed by atoms with Crippen LogP contribution in [0.1, 0.15) is 202 Å². The standard InChI is InChI=1S/C57H101NO4/c1-7-8-9-10-11-12-13-14-15-16-17-18-19-20-21-22-37-60-45-50(44-58-36-24-26-47(4)43-58)61-40-38-59-39-41-62-57(6)35-34-52-49(42-57)28-29-55-54(52)33-32-53-51(30-31-56(53)55)48(5)27-23-25-46(2)3/h11-12,14-15,28,46-48,50-56H,7-10,13,16-27,29-45H2,1-6H3/t47?,48-,50?,51-,52?,53?,54?,55?,56?,57+/m1/s1. The maximum atomic E-state index is 6.66. The number of piperidine rings is 1. The second kappa shape index (κ2) is 29.6. The van der Waals surface area contributed by atoms with E-state index in [4.69, 9.17) is 18.9 Å². The molecule has 5 aliphatic rings. The van der Waals surface area contributed by atoms with Crippen LogP contribution in [0.5, 0.6) is 0 Å². The second-order valence-electron chi connectivity index (χ2n) is 22.2. The molecule has 0 N–H and O–H groups in total. The SMILES string of the molecule is CCCCCC=CCC=CCCCCCCCCOCC(CN1CCCC(C)C1)OCCOCCO[C@@]1(C)CCC2C(=CCC3C2CCC2C3CC[C@@H]2[C@H](C)CCCC(C)C)C1. The van der Waals surface area contributed by atoms with Gasteiger partial charge in [-0.2, -0.15) is 0 Å². The van der Waals surface area contributed by atoms with Crippen molar-refractivity contribution >= 4 is 0 Å². The smallest absolute Gasteiger partial charge is 0.0936 e. The van der Waals surface area contributed by atoms with Crippen molar-refractivity contribution in [3.8, 4) is 0 Å². The third-order valence-electron chi connectivity index (χ3n) is 16.5. The van der Waals surface area contributed by atoms with Crippen molar-refractivity contribution in [1.29, 1.82) is 0 Å². The van der Waals surface area contributed by atoms with Gasteiger partial charge in [0.1, 0.15) is 0 Å². The van der Waals surface area contributed by atoms with Gasteiger partial charge in [0.2, 0.25) is 0 Å². The van der Waals surface area contributed by atoms with Gasteiger partial charge in [0.15, 0.2) is 0 Å². The minimum atomic E-state index is -0.0493. The highest BCUT2D eigenvalue weighted by molar-refractivity contribution is 5.21. The van der Waals surface area contributed by atoms with Gasteiger partial charge in [0, 0.05) is 19.7 Å². The average molecular weight is 864 g/mol. The van der Waals surface area contributed by atoms with Crippen molar-refractivity contribution in [3.05, 3.63) is 36.0 Å². The minimum Gasteiger partial charge on any atom is -0.379 e. The van der Waals surface area contributed by atoms with Gasteiger partial charge in [-0.05, 0) is 169 Å². The van der Waals surface area contributed by atoms with E-state index < -0.39 is 0 Å². The van der Waals surface area contributed by atoms with E-state index in [1.54, 1.807) is 5.57 Å². The Morgan fingerprint density at radius 1 is 0.726 bits per heavy atom. The average Bonchev–Trinajstić information content (AvgIpc) is 3.70. The lowest BCUT2D eigenvalue weighted by Crippen LogP contribution is -2.45. The molecule has 5 rings (SSSR count). The largest absolute Gasteiger partial charge is 0.379 e. The number of hydrogen-bond donors (Lipinski definition) is 0. The summed E-state index contributed by atoms with van der Waals surface area (Å²) in [4.78, 5) is 2.60. The molecule has 3 saturated carbocycles. The number of ether oxygens (including phenoxy) is 4. The van der Waals surface area contributed by atoms with Gasteiger partial charge in [-0.3, -0.25) is 0 Å². The first kappa shape index (κ1) is 52.0. The summed E-state index contributed by atoms with van der Waals surface area (Å²) in [5.41, 5.74) is 1.69. The van der Waals surface area contributed by atoms with Gasteiger partial charge in [0.05, 0.1) is 44.7 Å². The number of hydrogen-bond acceptors (Lipinski definition) is 5. The van der Waals surface area contributed by atoms with Gasteiger partial charge < -0.3 is 23.8 Å². The van der Waals surface area contributed by atoms with Crippen LogP contribution >= 0.6 is 0 Å². The van der Waals surface area contributed by atoms with E-state index in [-0.39, 0.29) is 11.7 Å². The lowest BCUT2D eigenvalue weighted by atomic mass is 9.55. The molecule has 62 heavy (non-hydrogen) atoms. The molecule has 0 bridgehead atoms. The molecule has 5 heteroatoms. The number of fused-ring (bicyclic) bond motifs is 5. The third-order valence-corrected chi connectivity index (χ3v) is 16.5. The predicted octanol–water partition coefficient (Wildman–Crippen LogP) is 15.0. The third kappa shape index (κ3) is 18.4. The van der Waals surface area contributed by atoms with Gasteiger partial charge >= 0.3 is 0 Å². The van der Waals surface area contributed by atoms with Crippen LogP contribution in [0.4, 0.5) is 0 Å². The van der Waals surface area contributed by atoms with E-state index in [0.29, 0.717) is 33.0 Å². The van der Waals surface area contributed by atoms with Crippen molar-refractivity contribution in [2.45, 2.75) is 214 Å². The van der Waals surface area contributed by atoms with Crippen LogP contribution in [0.3, 0.4) is 0 Å². The molecule has 0 aromatic heterocycles. The van der Waals surface area contributed by atoms with Gasteiger partial charge in [0.25, 0.3) is 0 Å². The number of allylic oxidation sites excluding steroid dienone is 5. The Bertz CT molecular complexity index is 1260. The first-order chi connectivity index (χ1) is 30.3. The van der Waals surface area contributed by atoms with Gasteiger partial charge in [-0.15, -0.1) is 0 Å². The summed E-state index contributed by atoms with van der Waals surface area (Å²) in [6, 6.07) is 0. The molecule has 1 heterocycles. The fourth-order valence-corrected chi connectivity index (χ4v) is 13.1. The maximum absolute atomic E-state index is 6.66. The zero-order valence-corrected chi connectivity index (χ0v) is 41.8. The van der Waals surface area contributed by atoms with E-state index in [9.17, 15) is 0 Å². The van der Waals surface area contributed by atoms with Crippen LogP contribution in [0.15, 0.2) is 36.0 Å². The van der Waals surface area contributed by atoms with Crippen LogP contribution in [-0.2, 0) is 18.9 Å². The molecule has 1 saturated heterocycles. The van der Waals surface area contributed by atoms with Crippen LogP contribution in [0, 0.1) is 53.3 Å². The number of unbranched alkanes of at least 4 members (excludes halogenated alkanes) is 9. The predicted molar refractivity (Wildman–Crippen MR) is 264 cm³/mol. The Morgan fingerprint density at radius 3 is 2.26 bits per heavy atom. The summed E-state index contributed by atoms with van der Waals surface area (Å²) in [5.74, 6) is 8.25. The topological polar surface area (TPSA) is 40.2 Å². The normalized spacial score (nSPS) is 30.2. The summed E-state index contributed by atoms with van der Waals surface area (Å²) in [5, 5.41) is 0. The fraction of sp³-hybridized carbons (Fsp3) is 0.895.